The standard InChI is InChI=1S/C16H30N2OSi/c1-7-18(12-15-10-8-9-11-17-15)16(14(2)3)13-19-20(4,5)6/h8-11,14,16H,7,12-13H2,1-6H3/t16-/m1/s1. The van der Waals surface area contributed by atoms with Crippen molar-refractivity contribution in [3.8, 4) is 0 Å². The first-order valence-electron chi connectivity index (χ1n) is 7.61. The van der Waals surface area contributed by atoms with E-state index in [1.165, 1.54) is 0 Å². The summed E-state index contributed by atoms with van der Waals surface area (Å²) in [5.41, 5.74) is 1.13. The van der Waals surface area contributed by atoms with Crippen LogP contribution in [0.5, 0.6) is 0 Å². The van der Waals surface area contributed by atoms with Crippen LogP contribution in [0.1, 0.15) is 26.5 Å². The highest BCUT2D eigenvalue weighted by atomic mass is 28.4. The Balaban J connectivity index is 2.71. The Morgan fingerprint density at radius 1 is 1.25 bits per heavy atom. The molecule has 0 radical (unpaired) electrons. The van der Waals surface area contributed by atoms with E-state index in [-0.39, 0.29) is 0 Å². The summed E-state index contributed by atoms with van der Waals surface area (Å²) in [7, 11) is -1.46. The summed E-state index contributed by atoms with van der Waals surface area (Å²) in [6.45, 7) is 16.3. The van der Waals surface area contributed by atoms with E-state index in [0.717, 1.165) is 25.4 Å². The SMILES string of the molecule is CCN(Cc1ccccn1)[C@H](CO[Si](C)(C)C)C(C)C. The Kier molecular flexibility index (Phi) is 6.86. The second-order valence-corrected chi connectivity index (χ2v) is 11.1. The first kappa shape index (κ1) is 17.3. The van der Waals surface area contributed by atoms with Gasteiger partial charge < -0.3 is 4.43 Å². The van der Waals surface area contributed by atoms with Crippen LogP contribution in [-0.2, 0) is 11.0 Å². The fraction of sp³-hybridized carbons (Fsp3) is 0.688. The average molecular weight is 295 g/mol. The molecule has 0 amide bonds. The van der Waals surface area contributed by atoms with Crippen LogP contribution in [-0.4, -0.2) is 37.4 Å². The van der Waals surface area contributed by atoms with Crippen LogP contribution in [0.25, 0.3) is 0 Å². The minimum absolute atomic E-state index is 0.453. The Labute approximate surface area is 125 Å². The maximum Gasteiger partial charge on any atom is 0.183 e. The van der Waals surface area contributed by atoms with Gasteiger partial charge in [-0.1, -0.05) is 26.8 Å². The molecule has 0 saturated carbocycles. The molecule has 1 aromatic rings. The van der Waals surface area contributed by atoms with Gasteiger partial charge in [-0.2, -0.15) is 0 Å². The highest BCUT2D eigenvalue weighted by Gasteiger charge is 2.24. The molecule has 0 aliphatic heterocycles. The van der Waals surface area contributed by atoms with Gasteiger partial charge in [-0.25, -0.2) is 0 Å². The summed E-state index contributed by atoms with van der Waals surface area (Å²) in [6.07, 6.45) is 1.87. The molecule has 1 rings (SSSR count). The average Bonchev–Trinajstić information content (AvgIpc) is 2.37. The summed E-state index contributed by atoms with van der Waals surface area (Å²) in [5, 5.41) is 0. The Hall–Kier alpha value is -0.713. The van der Waals surface area contributed by atoms with Crippen molar-refractivity contribution in [2.75, 3.05) is 13.2 Å². The predicted molar refractivity (Wildman–Crippen MR) is 88.2 cm³/mol. The van der Waals surface area contributed by atoms with E-state index in [1.807, 2.05) is 12.3 Å². The molecule has 0 aliphatic carbocycles. The minimum atomic E-state index is -1.46. The van der Waals surface area contributed by atoms with E-state index in [1.54, 1.807) is 0 Å². The van der Waals surface area contributed by atoms with E-state index >= 15 is 0 Å². The third kappa shape index (κ3) is 6.16. The molecule has 0 fully saturated rings. The maximum atomic E-state index is 6.15. The number of likely N-dealkylation sites (N-methyl/N-ethyl adjacent to an activating group) is 1. The van der Waals surface area contributed by atoms with Crippen molar-refractivity contribution in [2.24, 2.45) is 5.92 Å². The van der Waals surface area contributed by atoms with Gasteiger partial charge in [0.15, 0.2) is 8.32 Å². The summed E-state index contributed by atoms with van der Waals surface area (Å²) >= 11 is 0. The van der Waals surface area contributed by atoms with Gasteiger partial charge in [0, 0.05) is 25.4 Å². The van der Waals surface area contributed by atoms with E-state index in [0.29, 0.717) is 12.0 Å². The van der Waals surface area contributed by atoms with E-state index in [4.69, 9.17) is 4.43 Å². The molecule has 0 spiro atoms. The number of hydrogen-bond acceptors (Lipinski definition) is 3. The highest BCUT2D eigenvalue weighted by Crippen LogP contribution is 2.16. The van der Waals surface area contributed by atoms with Crippen LogP contribution in [0.15, 0.2) is 24.4 Å². The van der Waals surface area contributed by atoms with Gasteiger partial charge >= 0.3 is 0 Å². The van der Waals surface area contributed by atoms with Crippen molar-refractivity contribution in [2.45, 2.75) is 53.0 Å². The van der Waals surface area contributed by atoms with Gasteiger partial charge in [0.25, 0.3) is 0 Å². The van der Waals surface area contributed by atoms with E-state index in [2.05, 4.69) is 62.4 Å². The van der Waals surface area contributed by atoms with Gasteiger partial charge in [0.1, 0.15) is 0 Å². The zero-order valence-corrected chi connectivity index (χ0v) is 14.9. The molecule has 0 aromatic carbocycles. The van der Waals surface area contributed by atoms with Crippen LogP contribution < -0.4 is 0 Å². The Morgan fingerprint density at radius 2 is 1.95 bits per heavy atom. The van der Waals surface area contributed by atoms with Gasteiger partial charge in [-0.05, 0) is 44.2 Å². The van der Waals surface area contributed by atoms with Crippen LogP contribution in [0.2, 0.25) is 19.6 Å². The van der Waals surface area contributed by atoms with Gasteiger partial charge in [-0.15, -0.1) is 0 Å². The molecular formula is C16H30N2OSi. The van der Waals surface area contributed by atoms with Crippen molar-refractivity contribution in [1.82, 2.24) is 9.88 Å². The molecule has 114 valence electrons. The molecule has 0 bridgehead atoms. The third-order valence-electron chi connectivity index (χ3n) is 3.42. The van der Waals surface area contributed by atoms with E-state index in [9.17, 15) is 0 Å². The maximum absolute atomic E-state index is 6.15. The quantitative estimate of drug-likeness (QED) is 0.682. The number of hydrogen-bond donors (Lipinski definition) is 0. The van der Waals surface area contributed by atoms with Crippen molar-refractivity contribution in [3.63, 3.8) is 0 Å². The number of nitrogens with zero attached hydrogens (tertiary/aromatic N) is 2. The first-order valence-corrected chi connectivity index (χ1v) is 11.0. The molecular weight excluding hydrogens is 264 g/mol. The largest absolute Gasteiger partial charge is 0.416 e. The van der Waals surface area contributed by atoms with Gasteiger partial charge in [-0.3, -0.25) is 9.88 Å². The fourth-order valence-corrected chi connectivity index (χ4v) is 2.89. The first-order chi connectivity index (χ1) is 9.33. The second-order valence-electron chi connectivity index (χ2n) is 6.62. The Bertz CT molecular complexity index is 376. The lowest BCUT2D eigenvalue weighted by Crippen LogP contribution is -2.44. The molecule has 0 saturated heterocycles. The summed E-state index contributed by atoms with van der Waals surface area (Å²) < 4.78 is 6.15. The van der Waals surface area contributed by atoms with Gasteiger partial charge in [0.2, 0.25) is 0 Å². The molecule has 0 N–H and O–H groups in total. The van der Waals surface area contributed by atoms with Crippen molar-refractivity contribution >= 4 is 8.32 Å². The molecule has 0 unspecified atom stereocenters. The van der Waals surface area contributed by atoms with Crippen LogP contribution in [0, 0.1) is 5.92 Å². The fourth-order valence-electron chi connectivity index (χ4n) is 2.22. The lowest BCUT2D eigenvalue weighted by molar-refractivity contribution is 0.0957. The smallest absolute Gasteiger partial charge is 0.183 e. The third-order valence-corrected chi connectivity index (χ3v) is 4.46. The summed E-state index contributed by atoms with van der Waals surface area (Å²) in [6, 6.07) is 6.57. The molecule has 0 aliphatic rings. The molecule has 3 nitrogen and oxygen atoms in total. The summed E-state index contributed by atoms with van der Waals surface area (Å²) in [5.74, 6) is 0.579. The highest BCUT2D eigenvalue weighted by molar-refractivity contribution is 6.69. The lowest BCUT2D eigenvalue weighted by atomic mass is 10.0. The topological polar surface area (TPSA) is 25.4 Å². The monoisotopic (exact) mass is 294 g/mol. The van der Waals surface area contributed by atoms with Crippen molar-refractivity contribution < 1.29 is 4.43 Å². The minimum Gasteiger partial charge on any atom is -0.416 e. The van der Waals surface area contributed by atoms with Crippen molar-refractivity contribution in [1.29, 1.82) is 0 Å². The predicted octanol–water partition coefficient (Wildman–Crippen LogP) is 3.78. The van der Waals surface area contributed by atoms with Crippen LogP contribution in [0.3, 0.4) is 0 Å². The number of rotatable bonds is 8. The second kappa shape index (κ2) is 7.91. The van der Waals surface area contributed by atoms with E-state index < -0.39 is 8.32 Å². The zero-order chi connectivity index (χ0) is 15.2. The Morgan fingerprint density at radius 3 is 2.40 bits per heavy atom. The molecule has 20 heavy (non-hydrogen) atoms. The number of aromatic nitrogens is 1. The van der Waals surface area contributed by atoms with Crippen LogP contribution >= 0.6 is 0 Å². The molecule has 1 heterocycles. The zero-order valence-electron chi connectivity index (χ0n) is 13.9. The summed E-state index contributed by atoms with van der Waals surface area (Å²) in [4.78, 5) is 6.92. The molecule has 1 atom stereocenters. The number of pyridine rings is 1. The van der Waals surface area contributed by atoms with Crippen LogP contribution in [0.4, 0.5) is 0 Å². The molecule has 4 heteroatoms. The molecule has 1 aromatic heterocycles. The van der Waals surface area contributed by atoms with Gasteiger partial charge in [0.05, 0.1) is 5.69 Å². The lowest BCUT2D eigenvalue weighted by Gasteiger charge is -2.35. The normalized spacial score (nSPS) is 14.0. The van der Waals surface area contributed by atoms with Crippen molar-refractivity contribution in [3.05, 3.63) is 30.1 Å².